The fourth-order valence-electron chi connectivity index (χ4n) is 1.86. The third kappa shape index (κ3) is 1.97. The second kappa shape index (κ2) is 4.65. The first-order valence-corrected chi connectivity index (χ1v) is 5.18. The standard InChI is InChI=1S/C13H12N2O2/c1-15(9-17)12-7-3-5-10-4-2-6-11(13(10)12)14-8-16/h2-9H,1H3,(H,14,16). The highest BCUT2D eigenvalue weighted by Gasteiger charge is 2.08. The summed E-state index contributed by atoms with van der Waals surface area (Å²) in [5.74, 6) is 0. The summed E-state index contributed by atoms with van der Waals surface area (Å²) in [6.45, 7) is 0. The molecular formula is C13H12N2O2. The molecule has 4 nitrogen and oxygen atoms in total. The van der Waals surface area contributed by atoms with Crippen molar-refractivity contribution < 1.29 is 9.59 Å². The number of anilines is 2. The van der Waals surface area contributed by atoms with Gasteiger partial charge in [-0.25, -0.2) is 0 Å². The minimum absolute atomic E-state index is 0.631. The Morgan fingerprint density at radius 3 is 2.47 bits per heavy atom. The van der Waals surface area contributed by atoms with Crippen LogP contribution in [0.3, 0.4) is 0 Å². The van der Waals surface area contributed by atoms with E-state index in [-0.39, 0.29) is 0 Å². The molecule has 0 fully saturated rings. The Kier molecular flexibility index (Phi) is 3.05. The van der Waals surface area contributed by atoms with Crippen molar-refractivity contribution in [1.82, 2.24) is 0 Å². The Morgan fingerprint density at radius 1 is 1.12 bits per heavy atom. The summed E-state index contributed by atoms with van der Waals surface area (Å²) < 4.78 is 0. The molecule has 0 aliphatic rings. The van der Waals surface area contributed by atoms with Gasteiger partial charge in [0.25, 0.3) is 0 Å². The summed E-state index contributed by atoms with van der Waals surface area (Å²) in [4.78, 5) is 22.9. The van der Waals surface area contributed by atoms with Crippen molar-refractivity contribution in [3.8, 4) is 0 Å². The average Bonchev–Trinajstić information content (AvgIpc) is 2.38. The Bertz CT molecular complexity index is 561. The number of amides is 2. The molecule has 2 rings (SSSR count). The maximum atomic E-state index is 10.9. The number of hydrogen-bond donors (Lipinski definition) is 1. The van der Waals surface area contributed by atoms with Gasteiger partial charge in [-0.3, -0.25) is 9.59 Å². The van der Waals surface area contributed by atoms with E-state index in [0.717, 1.165) is 22.9 Å². The van der Waals surface area contributed by atoms with Crippen LogP contribution in [0.1, 0.15) is 0 Å². The molecule has 0 saturated heterocycles. The maximum Gasteiger partial charge on any atom is 0.213 e. The van der Waals surface area contributed by atoms with E-state index in [1.165, 1.54) is 4.90 Å². The van der Waals surface area contributed by atoms with Gasteiger partial charge in [-0.15, -0.1) is 0 Å². The van der Waals surface area contributed by atoms with Gasteiger partial charge >= 0.3 is 0 Å². The number of nitrogens with zero attached hydrogens (tertiary/aromatic N) is 1. The molecular weight excluding hydrogens is 216 g/mol. The van der Waals surface area contributed by atoms with Gasteiger partial charge in [0, 0.05) is 12.4 Å². The lowest BCUT2D eigenvalue weighted by Crippen LogP contribution is -2.14. The SMILES string of the molecule is CN(C=O)c1cccc2cccc(NC=O)c12. The van der Waals surface area contributed by atoms with Crippen molar-refractivity contribution in [3.05, 3.63) is 36.4 Å². The van der Waals surface area contributed by atoms with Crippen molar-refractivity contribution in [1.29, 1.82) is 0 Å². The number of nitrogens with one attached hydrogen (secondary N) is 1. The van der Waals surface area contributed by atoms with Crippen molar-refractivity contribution in [3.63, 3.8) is 0 Å². The van der Waals surface area contributed by atoms with Gasteiger partial charge in [0.15, 0.2) is 0 Å². The summed E-state index contributed by atoms with van der Waals surface area (Å²) >= 11 is 0. The highest BCUT2D eigenvalue weighted by Crippen LogP contribution is 2.31. The predicted molar refractivity (Wildman–Crippen MR) is 68.1 cm³/mol. The molecule has 0 radical (unpaired) electrons. The van der Waals surface area contributed by atoms with Gasteiger partial charge in [0.1, 0.15) is 0 Å². The van der Waals surface area contributed by atoms with Gasteiger partial charge in [0.2, 0.25) is 12.8 Å². The Labute approximate surface area is 98.8 Å². The summed E-state index contributed by atoms with van der Waals surface area (Å²) in [5.41, 5.74) is 1.46. The lowest BCUT2D eigenvalue weighted by molar-refractivity contribution is -0.107. The van der Waals surface area contributed by atoms with Gasteiger partial charge in [-0.2, -0.15) is 0 Å². The van der Waals surface area contributed by atoms with Crippen molar-refractivity contribution in [2.45, 2.75) is 0 Å². The lowest BCUT2D eigenvalue weighted by Gasteiger charge is -2.16. The topological polar surface area (TPSA) is 49.4 Å². The van der Waals surface area contributed by atoms with Crippen LogP contribution in [0.15, 0.2) is 36.4 Å². The highest BCUT2D eigenvalue weighted by atomic mass is 16.1. The van der Waals surface area contributed by atoms with Gasteiger partial charge in [0.05, 0.1) is 11.4 Å². The maximum absolute atomic E-state index is 10.9. The summed E-state index contributed by atoms with van der Waals surface area (Å²) in [5, 5.41) is 4.48. The Morgan fingerprint density at radius 2 is 1.82 bits per heavy atom. The van der Waals surface area contributed by atoms with E-state index in [9.17, 15) is 9.59 Å². The molecule has 0 heterocycles. The van der Waals surface area contributed by atoms with Crippen LogP contribution in [0.2, 0.25) is 0 Å². The lowest BCUT2D eigenvalue weighted by atomic mass is 10.1. The number of rotatable bonds is 4. The van der Waals surface area contributed by atoms with Crippen molar-refractivity contribution in [2.75, 3.05) is 17.3 Å². The van der Waals surface area contributed by atoms with Crippen molar-refractivity contribution >= 4 is 35.0 Å². The van der Waals surface area contributed by atoms with E-state index in [1.807, 2.05) is 30.3 Å². The minimum atomic E-state index is 0.631. The molecule has 0 aliphatic carbocycles. The Hall–Kier alpha value is -2.36. The molecule has 2 amide bonds. The Balaban J connectivity index is 2.74. The van der Waals surface area contributed by atoms with Crippen LogP contribution in [0.4, 0.5) is 11.4 Å². The van der Waals surface area contributed by atoms with E-state index < -0.39 is 0 Å². The normalized spacial score (nSPS) is 9.94. The molecule has 86 valence electrons. The first-order valence-electron chi connectivity index (χ1n) is 5.18. The van der Waals surface area contributed by atoms with Crippen LogP contribution in [-0.4, -0.2) is 19.9 Å². The van der Waals surface area contributed by atoms with Gasteiger partial charge in [-0.05, 0) is 17.5 Å². The van der Waals surface area contributed by atoms with E-state index in [4.69, 9.17) is 0 Å². The second-order valence-corrected chi connectivity index (χ2v) is 3.66. The summed E-state index contributed by atoms with van der Waals surface area (Å²) in [7, 11) is 1.68. The first kappa shape index (κ1) is 11.1. The minimum Gasteiger partial charge on any atom is -0.328 e. The molecule has 0 aromatic heterocycles. The molecule has 4 heteroatoms. The first-order chi connectivity index (χ1) is 8.27. The molecule has 2 aromatic rings. The molecule has 0 bridgehead atoms. The van der Waals surface area contributed by atoms with E-state index in [2.05, 4.69) is 5.32 Å². The molecule has 0 unspecified atom stereocenters. The zero-order chi connectivity index (χ0) is 12.3. The molecule has 17 heavy (non-hydrogen) atoms. The number of benzene rings is 2. The zero-order valence-electron chi connectivity index (χ0n) is 9.38. The highest BCUT2D eigenvalue weighted by molar-refractivity contribution is 6.07. The largest absolute Gasteiger partial charge is 0.328 e. The molecule has 0 aliphatic heterocycles. The molecule has 2 aromatic carbocycles. The second-order valence-electron chi connectivity index (χ2n) is 3.66. The van der Waals surface area contributed by atoms with Gasteiger partial charge in [-0.1, -0.05) is 24.3 Å². The average molecular weight is 228 g/mol. The fraction of sp³-hybridized carbons (Fsp3) is 0.0769. The molecule has 0 atom stereocenters. The van der Waals surface area contributed by atoms with E-state index >= 15 is 0 Å². The smallest absolute Gasteiger partial charge is 0.213 e. The molecule has 0 spiro atoms. The van der Waals surface area contributed by atoms with Crippen LogP contribution in [0.25, 0.3) is 10.8 Å². The third-order valence-electron chi connectivity index (χ3n) is 2.64. The van der Waals surface area contributed by atoms with Crippen LogP contribution >= 0.6 is 0 Å². The number of hydrogen-bond acceptors (Lipinski definition) is 2. The van der Waals surface area contributed by atoms with Crippen LogP contribution in [-0.2, 0) is 9.59 Å². The number of carbonyl (C=O) groups excluding carboxylic acids is 2. The van der Waals surface area contributed by atoms with Crippen LogP contribution in [0, 0.1) is 0 Å². The summed E-state index contributed by atoms with van der Waals surface area (Å²) in [6.07, 6.45) is 1.37. The van der Waals surface area contributed by atoms with E-state index in [0.29, 0.717) is 12.1 Å². The number of carbonyl (C=O) groups is 2. The van der Waals surface area contributed by atoms with E-state index in [1.54, 1.807) is 13.1 Å². The monoisotopic (exact) mass is 228 g/mol. The van der Waals surface area contributed by atoms with Crippen LogP contribution < -0.4 is 10.2 Å². The molecule has 0 saturated carbocycles. The quantitative estimate of drug-likeness (QED) is 0.814. The summed E-state index contributed by atoms with van der Waals surface area (Å²) in [6, 6.07) is 11.3. The third-order valence-corrected chi connectivity index (χ3v) is 2.64. The predicted octanol–water partition coefficient (Wildman–Crippen LogP) is 2.00. The van der Waals surface area contributed by atoms with Crippen molar-refractivity contribution in [2.24, 2.45) is 0 Å². The fourth-order valence-corrected chi connectivity index (χ4v) is 1.86. The van der Waals surface area contributed by atoms with Crippen LogP contribution in [0.5, 0.6) is 0 Å². The zero-order valence-corrected chi connectivity index (χ0v) is 9.38. The van der Waals surface area contributed by atoms with Gasteiger partial charge < -0.3 is 10.2 Å². The molecule has 1 N–H and O–H groups in total. The number of fused-ring (bicyclic) bond motifs is 1.